The fourth-order valence-corrected chi connectivity index (χ4v) is 7.77. The number of hydrogen-bond acceptors (Lipinski definition) is 5. The van der Waals surface area contributed by atoms with Gasteiger partial charge in [0.1, 0.15) is 17.3 Å². The van der Waals surface area contributed by atoms with Crippen LogP contribution in [0.15, 0.2) is 60.7 Å². The number of nitrogens with one attached hydrogen (secondary N) is 4. The molecule has 0 radical (unpaired) electrons. The van der Waals surface area contributed by atoms with Gasteiger partial charge in [0, 0.05) is 43.6 Å². The second-order valence-electron chi connectivity index (χ2n) is 13.6. The van der Waals surface area contributed by atoms with Gasteiger partial charge in [-0.1, -0.05) is 61.4 Å². The highest BCUT2D eigenvalue weighted by atomic mass is 16.5. The van der Waals surface area contributed by atoms with Crippen molar-refractivity contribution in [3.63, 3.8) is 0 Å². The van der Waals surface area contributed by atoms with Crippen LogP contribution in [0.3, 0.4) is 0 Å². The number of para-hydroxylation sites is 1. The summed E-state index contributed by atoms with van der Waals surface area (Å²) in [6, 6.07) is 18.9. The molecule has 9 nitrogen and oxygen atoms in total. The van der Waals surface area contributed by atoms with E-state index in [2.05, 4.69) is 21.3 Å². The van der Waals surface area contributed by atoms with E-state index in [-0.39, 0.29) is 23.8 Å². The van der Waals surface area contributed by atoms with Crippen molar-refractivity contribution < 1.29 is 19.1 Å². The Morgan fingerprint density at radius 3 is 2.35 bits per heavy atom. The van der Waals surface area contributed by atoms with Crippen LogP contribution in [0.2, 0.25) is 0 Å². The standard InChI is InChI=1S/C37H49N5O4/c1-42-32-12-6-5-11-29(32)25-33(42)35(44)41-37(17-7-8-18-37)36(45)40-31(24-26-9-3-2-4-10-26)34(43)39-30(28-13-19-38-20-14-28)23-27-15-21-46-22-16-27/h2-6,9-12,25,27-28,30-31,38H,7-8,13-24H2,1H3,(H,39,43)(H,40,45)(H,41,44)/t30-,31?/m1/s1. The molecule has 246 valence electrons. The highest BCUT2D eigenvalue weighted by molar-refractivity contribution is 6.02. The Balaban J connectivity index is 1.21. The highest BCUT2D eigenvalue weighted by Crippen LogP contribution is 2.32. The molecule has 1 unspecified atom stereocenters. The van der Waals surface area contributed by atoms with Gasteiger partial charge in [-0.2, -0.15) is 0 Å². The molecule has 1 saturated carbocycles. The Labute approximate surface area is 272 Å². The summed E-state index contributed by atoms with van der Waals surface area (Å²) in [5, 5.41) is 14.2. The summed E-state index contributed by atoms with van der Waals surface area (Å²) in [7, 11) is 1.87. The van der Waals surface area contributed by atoms with Crippen molar-refractivity contribution in [2.24, 2.45) is 18.9 Å². The second kappa shape index (κ2) is 14.8. The van der Waals surface area contributed by atoms with Crippen molar-refractivity contribution in [3.05, 3.63) is 71.9 Å². The van der Waals surface area contributed by atoms with Crippen LogP contribution in [-0.2, 0) is 27.8 Å². The maximum Gasteiger partial charge on any atom is 0.268 e. The largest absolute Gasteiger partial charge is 0.381 e. The monoisotopic (exact) mass is 627 g/mol. The molecule has 3 heterocycles. The van der Waals surface area contributed by atoms with Crippen molar-refractivity contribution in [3.8, 4) is 0 Å². The van der Waals surface area contributed by atoms with Crippen LogP contribution in [0.1, 0.15) is 73.8 Å². The van der Waals surface area contributed by atoms with Gasteiger partial charge in [0.15, 0.2) is 0 Å². The van der Waals surface area contributed by atoms with E-state index in [9.17, 15) is 14.4 Å². The number of fused-ring (bicyclic) bond motifs is 1. The van der Waals surface area contributed by atoms with E-state index in [1.54, 1.807) is 0 Å². The molecule has 3 fully saturated rings. The number of carbonyl (C=O) groups excluding carboxylic acids is 3. The summed E-state index contributed by atoms with van der Waals surface area (Å²) in [5.41, 5.74) is 1.38. The van der Waals surface area contributed by atoms with E-state index in [0.29, 0.717) is 36.8 Å². The van der Waals surface area contributed by atoms with Gasteiger partial charge in [-0.15, -0.1) is 0 Å². The van der Waals surface area contributed by atoms with E-state index in [1.807, 2.05) is 72.3 Å². The van der Waals surface area contributed by atoms with Crippen LogP contribution in [0.4, 0.5) is 0 Å². The highest BCUT2D eigenvalue weighted by Gasteiger charge is 2.44. The lowest BCUT2D eigenvalue weighted by Gasteiger charge is -2.36. The molecular formula is C37H49N5O4. The van der Waals surface area contributed by atoms with Gasteiger partial charge in [0.25, 0.3) is 5.91 Å². The third-order valence-corrected chi connectivity index (χ3v) is 10.5. The van der Waals surface area contributed by atoms with Gasteiger partial charge >= 0.3 is 0 Å². The number of aryl methyl sites for hydroxylation is 1. The van der Waals surface area contributed by atoms with E-state index in [4.69, 9.17) is 4.74 Å². The Bertz CT molecular complexity index is 1490. The fourth-order valence-electron chi connectivity index (χ4n) is 7.77. The zero-order valence-electron chi connectivity index (χ0n) is 27.1. The molecule has 2 aromatic carbocycles. The number of ether oxygens (including phenoxy) is 1. The first kappa shape index (κ1) is 32.3. The first-order valence-corrected chi connectivity index (χ1v) is 17.2. The summed E-state index contributed by atoms with van der Waals surface area (Å²) in [4.78, 5) is 42.2. The molecule has 3 aromatic rings. The number of aromatic nitrogens is 1. The van der Waals surface area contributed by atoms with Gasteiger partial charge in [0.05, 0.1) is 0 Å². The first-order chi connectivity index (χ1) is 22.4. The average molecular weight is 628 g/mol. The minimum atomic E-state index is -1.07. The van der Waals surface area contributed by atoms with Crippen molar-refractivity contribution in [1.29, 1.82) is 0 Å². The molecule has 9 heteroatoms. The van der Waals surface area contributed by atoms with Crippen LogP contribution < -0.4 is 21.3 Å². The number of rotatable bonds is 11. The zero-order valence-corrected chi connectivity index (χ0v) is 27.1. The van der Waals surface area contributed by atoms with Gasteiger partial charge in [-0.3, -0.25) is 14.4 Å². The number of carbonyl (C=O) groups is 3. The average Bonchev–Trinajstić information content (AvgIpc) is 3.70. The molecule has 3 amide bonds. The van der Waals surface area contributed by atoms with Crippen LogP contribution in [0, 0.1) is 11.8 Å². The smallest absolute Gasteiger partial charge is 0.268 e. The van der Waals surface area contributed by atoms with Crippen molar-refractivity contribution in [2.75, 3.05) is 26.3 Å². The van der Waals surface area contributed by atoms with E-state index < -0.39 is 11.6 Å². The lowest BCUT2D eigenvalue weighted by atomic mass is 9.82. The minimum absolute atomic E-state index is 0.0412. The molecule has 6 rings (SSSR count). The predicted molar refractivity (Wildman–Crippen MR) is 179 cm³/mol. The van der Waals surface area contributed by atoms with E-state index in [1.165, 1.54) is 0 Å². The maximum absolute atomic E-state index is 14.3. The molecule has 1 aliphatic carbocycles. The van der Waals surface area contributed by atoms with Crippen LogP contribution >= 0.6 is 0 Å². The van der Waals surface area contributed by atoms with Crippen molar-refractivity contribution in [2.45, 2.75) is 81.8 Å². The molecule has 2 atom stereocenters. The van der Waals surface area contributed by atoms with Crippen molar-refractivity contribution >= 4 is 28.6 Å². The van der Waals surface area contributed by atoms with Crippen molar-refractivity contribution in [1.82, 2.24) is 25.8 Å². The predicted octanol–water partition coefficient (Wildman–Crippen LogP) is 4.25. The van der Waals surface area contributed by atoms with Gasteiger partial charge < -0.3 is 30.6 Å². The Morgan fingerprint density at radius 1 is 0.935 bits per heavy atom. The lowest BCUT2D eigenvalue weighted by molar-refractivity contribution is -0.133. The Kier molecular flexibility index (Phi) is 10.4. The second-order valence-corrected chi connectivity index (χ2v) is 13.6. The topological polar surface area (TPSA) is 113 Å². The number of nitrogens with zero attached hydrogens (tertiary/aromatic N) is 1. The molecule has 0 spiro atoms. The molecule has 3 aliphatic rings. The number of benzene rings is 2. The van der Waals surface area contributed by atoms with E-state index >= 15 is 0 Å². The molecule has 1 aromatic heterocycles. The summed E-state index contributed by atoms with van der Waals surface area (Å²) < 4.78 is 7.49. The number of piperidine rings is 1. The molecular weight excluding hydrogens is 578 g/mol. The SMILES string of the molecule is Cn1c(C(=O)NC2(C(=O)NC(Cc3ccccc3)C(=O)N[C@H](CC3CCOCC3)C3CCNCC3)CCCC2)cc2ccccc21. The fraction of sp³-hybridized carbons (Fsp3) is 0.541. The molecule has 0 bridgehead atoms. The summed E-state index contributed by atoms with van der Waals surface area (Å²) >= 11 is 0. The maximum atomic E-state index is 14.3. The number of amides is 3. The normalized spacial score (nSPS) is 20.2. The lowest BCUT2D eigenvalue weighted by Crippen LogP contribution is -2.62. The molecule has 4 N–H and O–H groups in total. The first-order valence-electron chi connectivity index (χ1n) is 17.2. The summed E-state index contributed by atoms with van der Waals surface area (Å²) in [5.74, 6) is 0.198. The Morgan fingerprint density at radius 2 is 1.63 bits per heavy atom. The third kappa shape index (κ3) is 7.47. The summed E-state index contributed by atoms with van der Waals surface area (Å²) in [6.07, 6.45) is 8.12. The summed E-state index contributed by atoms with van der Waals surface area (Å²) in [6.45, 7) is 3.45. The quantitative estimate of drug-likeness (QED) is 0.254. The molecule has 46 heavy (non-hydrogen) atoms. The molecule has 2 aliphatic heterocycles. The van der Waals surface area contributed by atoms with Crippen LogP contribution in [0.25, 0.3) is 10.9 Å². The number of hydrogen-bond donors (Lipinski definition) is 4. The van der Waals surface area contributed by atoms with Gasteiger partial charge in [0.2, 0.25) is 11.8 Å². The molecule has 2 saturated heterocycles. The van der Waals surface area contributed by atoms with Crippen LogP contribution in [0.5, 0.6) is 0 Å². The van der Waals surface area contributed by atoms with Gasteiger partial charge in [-0.05, 0) is 87.6 Å². The van der Waals surface area contributed by atoms with Gasteiger partial charge in [-0.25, -0.2) is 0 Å². The van der Waals surface area contributed by atoms with Crippen LogP contribution in [-0.4, -0.2) is 66.2 Å². The zero-order chi connectivity index (χ0) is 31.9. The Hall–Kier alpha value is -3.69. The van der Waals surface area contributed by atoms with E-state index in [0.717, 1.165) is 87.7 Å². The minimum Gasteiger partial charge on any atom is -0.381 e. The third-order valence-electron chi connectivity index (χ3n) is 10.5.